The van der Waals surface area contributed by atoms with Crippen LogP contribution in [0.2, 0.25) is 0 Å². The van der Waals surface area contributed by atoms with E-state index in [-0.39, 0.29) is 54.5 Å². The number of nitrogens with zero attached hydrogens (tertiary/aromatic N) is 2. The Bertz CT molecular complexity index is 1030. The first-order valence-electron chi connectivity index (χ1n) is 11.4. The summed E-state index contributed by atoms with van der Waals surface area (Å²) in [5, 5.41) is 14.2. The predicted octanol–water partition coefficient (Wildman–Crippen LogP) is 3.75. The van der Waals surface area contributed by atoms with Crippen LogP contribution in [0.3, 0.4) is 0 Å². The number of esters is 1. The van der Waals surface area contributed by atoms with Crippen LogP contribution < -0.4 is 0 Å². The number of fused-ring (bicyclic) bond motifs is 1. The topological polar surface area (TPSA) is 106 Å². The first-order valence-corrected chi connectivity index (χ1v) is 11.4. The summed E-state index contributed by atoms with van der Waals surface area (Å²) < 4.78 is 5.34. The maximum Gasteiger partial charge on any atom is 0.339 e. The summed E-state index contributed by atoms with van der Waals surface area (Å²) in [6.45, 7) is 3.82. The average Bonchev–Trinajstić information content (AvgIpc) is 3.14. The zero-order valence-electron chi connectivity index (χ0n) is 19.5. The number of aldehydes is 1. The molecule has 0 saturated carbocycles. The summed E-state index contributed by atoms with van der Waals surface area (Å²) in [5.41, 5.74) is 0.929. The Balaban J connectivity index is 1.86. The van der Waals surface area contributed by atoms with Gasteiger partial charge in [-0.25, -0.2) is 4.79 Å². The van der Waals surface area contributed by atoms with E-state index in [1.54, 1.807) is 11.0 Å². The van der Waals surface area contributed by atoms with Gasteiger partial charge in [-0.15, -0.1) is 0 Å². The molecule has 0 radical (unpaired) electrons. The molecule has 2 aliphatic heterocycles. The third kappa shape index (κ3) is 6.43. The molecule has 34 heavy (non-hydrogen) atoms. The van der Waals surface area contributed by atoms with Crippen LogP contribution in [-0.2, 0) is 20.8 Å². The van der Waals surface area contributed by atoms with Crippen molar-refractivity contribution in [2.75, 3.05) is 13.2 Å². The molecule has 3 rings (SSSR count). The molecule has 2 heterocycles. The number of carbonyl (C=O) groups is 3. The maximum absolute atomic E-state index is 12.8. The monoisotopic (exact) mass is 466 g/mol. The van der Waals surface area contributed by atoms with E-state index < -0.39 is 5.97 Å². The Hall–Kier alpha value is -3.68. The number of rotatable bonds is 4. The van der Waals surface area contributed by atoms with Crippen LogP contribution in [0, 0.1) is 0 Å². The van der Waals surface area contributed by atoms with Gasteiger partial charge in [0.2, 0.25) is 0 Å². The number of aromatic hydroxyl groups is 1. The highest BCUT2D eigenvalue weighted by atomic mass is 16.6. The lowest BCUT2D eigenvalue weighted by molar-refractivity contribution is -0.137. The highest BCUT2D eigenvalue weighted by molar-refractivity contribution is 6.03. The largest absolute Gasteiger partial charge is 0.508 e. The first kappa shape index (κ1) is 25.0. The summed E-state index contributed by atoms with van der Waals surface area (Å²) in [6, 6.07) is 2.61. The second-order valence-electron chi connectivity index (χ2n) is 8.26. The zero-order valence-corrected chi connectivity index (χ0v) is 19.5. The molecule has 0 saturated heterocycles. The number of allylic oxidation sites excluding steroid dienone is 3. The fraction of sp³-hybridized carbons (Fsp3) is 0.385. The number of ether oxygens (including phenoxy) is 1. The molecule has 0 spiro atoms. The number of benzene rings is 1. The minimum atomic E-state index is -0.647. The predicted molar refractivity (Wildman–Crippen MR) is 128 cm³/mol. The molecule has 0 aliphatic carbocycles. The van der Waals surface area contributed by atoms with Crippen molar-refractivity contribution < 1.29 is 29.1 Å². The van der Waals surface area contributed by atoms with Crippen LogP contribution in [0.5, 0.6) is 5.75 Å². The molecule has 0 fully saturated rings. The third-order valence-electron chi connectivity index (χ3n) is 5.64. The number of hydrogen-bond donors (Lipinski definition) is 1. The number of oxime groups is 1. The molecule has 0 bridgehead atoms. The molecule has 1 aromatic rings. The number of phenolic OH excluding ortho intramolecular Hbond substituents is 1. The van der Waals surface area contributed by atoms with Crippen molar-refractivity contribution in [1.82, 2.24) is 4.90 Å². The van der Waals surface area contributed by atoms with Crippen molar-refractivity contribution in [1.29, 1.82) is 0 Å². The van der Waals surface area contributed by atoms with Crippen molar-refractivity contribution in [3.05, 3.63) is 65.3 Å². The van der Waals surface area contributed by atoms with E-state index in [9.17, 15) is 19.5 Å². The Morgan fingerprint density at radius 2 is 1.88 bits per heavy atom. The maximum atomic E-state index is 12.8. The van der Waals surface area contributed by atoms with Crippen LogP contribution in [0.1, 0.15) is 59.4 Å². The molecule has 1 N–H and O–H groups in total. The highest BCUT2D eigenvalue weighted by Gasteiger charge is 2.27. The van der Waals surface area contributed by atoms with E-state index in [1.807, 2.05) is 44.2 Å². The third-order valence-corrected chi connectivity index (χ3v) is 5.64. The van der Waals surface area contributed by atoms with Gasteiger partial charge in [0.1, 0.15) is 5.75 Å². The van der Waals surface area contributed by atoms with Gasteiger partial charge in [0.15, 0.2) is 12.9 Å². The van der Waals surface area contributed by atoms with Gasteiger partial charge in [-0.1, -0.05) is 35.5 Å². The molecule has 2 unspecified atom stereocenters. The highest BCUT2D eigenvalue weighted by Crippen LogP contribution is 2.24. The minimum Gasteiger partial charge on any atom is -0.508 e. The summed E-state index contributed by atoms with van der Waals surface area (Å²) in [4.78, 5) is 44.1. The Morgan fingerprint density at radius 3 is 2.62 bits per heavy atom. The molecule has 180 valence electrons. The van der Waals surface area contributed by atoms with E-state index >= 15 is 0 Å². The Morgan fingerprint density at radius 1 is 1.18 bits per heavy atom. The fourth-order valence-corrected chi connectivity index (χ4v) is 4.02. The number of hydrogen-bond acceptors (Lipinski definition) is 7. The summed E-state index contributed by atoms with van der Waals surface area (Å²) >= 11 is 0. The van der Waals surface area contributed by atoms with Crippen molar-refractivity contribution in [3.8, 4) is 5.75 Å². The normalized spacial score (nSPS) is 24.1. The zero-order chi connectivity index (χ0) is 24.5. The fourth-order valence-electron chi connectivity index (χ4n) is 4.02. The number of phenols is 1. The van der Waals surface area contributed by atoms with Crippen molar-refractivity contribution in [2.45, 2.75) is 51.6 Å². The molecule has 0 aromatic heterocycles. The van der Waals surface area contributed by atoms with Gasteiger partial charge < -0.3 is 19.6 Å². The lowest BCUT2D eigenvalue weighted by atomic mass is 9.96. The Labute approximate surface area is 199 Å². The second kappa shape index (κ2) is 12.0. The lowest BCUT2D eigenvalue weighted by Crippen LogP contribution is -2.41. The van der Waals surface area contributed by atoms with Crippen LogP contribution in [0.25, 0.3) is 0 Å². The SMILES string of the molecule is CC1C=CC(C)N1C(=O)CO/N=C1/C=C/CC/C=C/CCOC(=O)c2c(C=O)cc(O)cc2C1. The van der Waals surface area contributed by atoms with Gasteiger partial charge in [-0.3, -0.25) is 9.59 Å². The molecule has 2 aliphatic rings. The summed E-state index contributed by atoms with van der Waals surface area (Å²) in [7, 11) is 0. The molecule has 2 atom stereocenters. The van der Waals surface area contributed by atoms with Gasteiger partial charge in [0, 0.05) is 24.1 Å². The van der Waals surface area contributed by atoms with Crippen molar-refractivity contribution >= 4 is 23.9 Å². The minimum absolute atomic E-state index is 0.0105. The van der Waals surface area contributed by atoms with Gasteiger partial charge >= 0.3 is 5.97 Å². The Kier molecular flexibility index (Phi) is 8.79. The van der Waals surface area contributed by atoms with Crippen LogP contribution in [0.4, 0.5) is 0 Å². The summed E-state index contributed by atoms with van der Waals surface area (Å²) in [6.07, 6.45) is 14.3. The molecular formula is C26H30N2O6. The van der Waals surface area contributed by atoms with Gasteiger partial charge in [0.25, 0.3) is 5.91 Å². The quantitative estimate of drug-likeness (QED) is 0.314. The smallest absolute Gasteiger partial charge is 0.339 e. The van der Waals surface area contributed by atoms with E-state index in [0.717, 1.165) is 12.8 Å². The summed E-state index contributed by atoms with van der Waals surface area (Å²) in [5.74, 6) is -0.984. The van der Waals surface area contributed by atoms with Crippen LogP contribution in [-0.4, -0.2) is 59.2 Å². The number of amides is 1. The lowest BCUT2D eigenvalue weighted by Gasteiger charge is -2.25. The second-order valence-corrected chi connectivity index (χ2v) is 8.26. The average molecular weight is 467 g/mol. The molecule has 8 heteroatoms. The van der Waals surface area contributed by atoms with Gasteiger partial charge in [-0.05, 0) is 56.9 Å². The van der Waals surface area contributed by atoms with E-state index in [4.69, 9.17) is 9.57 Å². The molecule has 1 amide bonds. The molecule has 1 aromatic carbocycles. The standard InChI is InChI=1S/C26H30N2O6/c1-18-10-11-19(2)28(18)24(31)17-34-27-22-9-7-5-3-4-6-8-12-33-26(32)25-20(13-22)14-23(30)15-21(25)16-29/h4,6-7,9-11,14-16,18-19,30H,3,5,8,12-13,17H2,1-2H3/b6-4+,9-7+,27-22-. The number of carbonyl (C=O) groups excluding carboxylic acids is 3. The van der Waals surface area contributed by atoms with Crippen molar-refractivity contribution in [3.63, 3.8) is 0 Å². The van der Waals surface area contributed by atoms with E-state index in [0.29, 0.717) is 24.0 Å². The van der Waals surface area contributed by atoms with E-state index in [1.165, 1.54) is 12.1 Å². The van der Waals surface area contributed by atoms with E-state index in [2.05, 4.69) is 5.16 Å². The van der Waals surface area contributed by atoms with Crippen molar-refractivity contribution in [2.24, 2.45) is 5.16 Å². The van der Waals surface area contributed by atoms with Gasteiger partial charge in [-0.2, -0.15) is 0 Å². The van der Waals surface area contributed by atoms with Gasteiger partial charge in [0.05, 0.1) is 17.9 Å². The number of cyclic esters (lactones) is 1. The van der Waals surface area contributed by atoms with Crippen LogP contribution >= 0.6 is 0 Å². The first-order chi connectivity index (χ1) is 16.4. The van der Waals surface area contributed by atoms with Crippen LogP contribution in [0.15, 0.2) is 53.7 Å². The molecular weight excluding hydrogens is 436 g/mol. The molecule has 8 nitrogen and oxygen atoms in total.